The summed E-state index contributed by atoms with van der Waals surface area (Å²) in [6.45, 7) is 5.21. The van der Waals surface area contributed by atoms with E-state index in [0.29, 0.717) is 4.31 Å². The van der Waals surface area contributed by atoms with Crippen LogP contribution in [-0.4, -0.2) is 43.1 Å². The Morgan fingerprint density at radius 3 is 1.85 bits per heavy atom. The van der Waals surface area contributed by atoms with Crippen molar-refractivity contribution in [3.05, 3.63) is 0 Å². The molecular weight excluding hydrogens is 354 g/mol. The summed E-state index contributed by atoms with van der Waals surface area (Å²) in [7, 11) is -3.73. The van der Waals surface area contributed by atoms with Gasteiger partial charge in [-0.25, -0.2) is 22.3 Å². The number of hydrogen-bond acceptors (Lipinski definition) is 4. The van der Waals surface area contributed by atoms with Gasteiger partial charge in [0.1, 0.15) is 0 Å². The molecule has 1 unspecified atom stereocenters. The van der Waals surface area contributed by atoms with Gasteiger partial charge in [-0.2, -0.15) is 0 Å². The van der Waals surface area contributed by atoms with Gasteiger partial charge in [0, 0.05) is 12.1 Å². The van der Waals surface area contributed by atoms with Crippen LogP contribution in [0.1, 0.15) is 59.3 Å². The summed E-state index contributed by atoms with van der Waals surface area (Å²) in [4.78, 5) is 24.6. The Bertz CT molecular complexity index is 653. The molecule has 1 atom stereocenters. The standard InChI is InChI=1S/C18H31N3O4S/c1-11(2)21(26(4,24)25)17(23)20-16(22)19-12(3)18-8-13-5-14(9-18)7-15(6-13)10-18/h11-15H,5-10H2,1-4H3,(H2,19,20,22,23). The molecular formula is C18H31N3O4S. The summed E-state index contributed by atoms with van der Waals surface area (Å²) in [6.07, 6.45) is 8.39. The zero-order valence-corrected chi connectivity index (χ0v) is 16.9. The third-order valence-electron chi connectivity index (χ3n) is 6.60. The molecule has 4 rings (SSSR count). The number of rotatable bonds is 4. The van der Waals surface area contributed by atoms with Crippen molar-refractivity contribution in [1.82, 2.24) is 14.9 Å². The largest absolute Gasteiger partial charge is 0.339 e. The van der Waals surface area contributed by atoms with E-state index in [4.69, 9.17) is 0 Å². The lowest BCUT2D eigenvalue weighted by molar-refractivity contribution is -0.0681. The number of imide groups is 1. The van der Waals surface area contributed by atoms with E-state index in [-0.39, 0.29) is 11.5 Å². The summed E-state index contributed by atoms with van der Waals surface area (Å²) in [5.41, 5.74) is 0.129. The molecule has 0 saturated heterocycles. The van der Waals surface area contributed by atoms with Gasteiger partial charge in [0.2, 0.25) is 10.0 Å². The van der Waals surface area contributed by atoms with Crippen LogP contribution in [0.5, 0.6) is 0 Å². The first kappa shape index (κ1) is 19.5. The van der Waals surface area contributed by atoms with Crippen LogP contribution >= 0.6 is 0 Å². The SMILES string of the molecule is CC(C)N(C(=O)NC(=O)NC(C)C12CC3CC(CC(C3)C1)C2)S(C)(=O)=O. The van der Waals surface area contributed by atoms with Crippen molar-refractivity contribution in [2.24, 2.45) is 23.2 Å². The zero-order chi connectivity index (χ0) is 19.3. The molecule has 0 aromatic heterocycles. The number of nitrogens with zero attached hydrogens (tertiary/aromatic N) is 1. The fraction of sp³-hybridized carbons (Fsp3) is 0.889. The molecule has 0 heterocycles. The van der Waals surface area contributed by atoms with Crippen molar-refractivity contribution in [2.45, 2.75) is 71.4 Å². The van der Waals surface area contributed by atoms with Gasteiger partial charge in [-0.3, -0.25) is 5.32 Å². The number of amides is 4. The van der Waals surface area contributed by atoms with Gasteiger partial charge < -0.3 is 5.32 Å². The summed E-state index contributed by atoms with van der Waals surface area (Å²) in [5.74, 6) is 2.32. The minimum absolute atomic E-state index is 0.0329. The first-order valence-corrected chi connectivity index (χ1v) is 11.5. The lowest BCUT2D eigenvalue weighted by Crippen LogP contribution is -2.58. The van der Waals surface area contributed by atoms with E-state index >= 15 is 0 Å². The van der Waals surface area contributed by atoms with Crippen molar-refractivity contribution in [2.75, 3.05) is 6.26 Å². The first-order valence-electron chi connectivity index (χ1n) is 9.61. The lowest BCUT2D eigenvalue weighted by Gasteiger charge is -2.59. The van der Waals surface area contributed by atoms with Crippen LogP contribution in [0.25, 0.3) is 0 Å². The van der Waals surface area contributed by atoms with Crippen molar-refractivity contribution in [3.8, 4) is 0 Å². The lowest BCUT2D eigenvalue weighted by atomic mass is 9.48. The highest BCUT2D eigenvalue weighted by atomic mass is 32.2. The van der Waals surface area contributed by atoms with Gasteiger partial charge in [-0.15, -0.1) is 0 Å². The summed E-state index contributed by atoms with van der Waals surface area (Å²) in [5, 5.41) is 5.11. The molecule has 148 valence electrons. The highest BCUT2D eigenvalue weighted by Crippen LogP contribution is 2.61. The van der Waals surface area contributed by atoms with Crippen LogP contribution in [0.2, 0.25) is 0 Å². The van der Waals surface area contributed by atoms with Gasteiger partial charge in [0.05, 0.1) is 6.26 Å². The Morgan fingerprint density at radius 2 is 1.46 bits per heavy atom. The molecule has 8 heteroatoms. The molecule has 4 fully saturated rings. The maximum atomic E-state index is 12.3. The number of urea groups is 2. The molecule has 0 radical (unpaired) electrons. The highest BCUT2D eigenvalue weighted by Gasteiger charge is 2.53. The van der Waals surface area contributed by atoms with Crippen LogP contribution in [0.15, 0.2) is 0 Å². The molecule has 26 heavy (non-hydrogen) atoms. The molecule has 0 aliphatic heterocycles. The number of hydrogen-bond donors (Lipinski definition) is 2. The Balaban J connectivity index is 1.62. The molecule has 4 aliphatic rings. The van der Waals surface area contributed by atoms with Crippen molar-refractivity contribution in [3.63, 3.8) is 0 Å². The van der Waals surface area contributed by atoms with Crippen LogP contribution in [0.3, 0.4) is 0 Å². The highest BCUT2D eigenvalue weighted by molar-refractivity contribution is 7.88. The van der Waals surface area contributed by atoms with E-state index in [1.165, 1.54) is 19.3 Å². The Labute approximate surface area is 156 Å². The molecule has 4 amide bonds. The quantitative estimate of drug-likeness (QED) is 0.778. The molecule has 0 aromatic rings. The number of carbonyl (C=O) groups is 2. The third-order valence-corrected chi connectivity index (χ3v) is 7.90. The van der Waals surface area contributed by atoms with Crippen LogP contribution in [-0.2, 0) is 10.0 Å². The monoisotopic (exact) mass is 385 g/mol. The Hall–Kier alpha value is -1.31. The topological polar surface area (TPSA) is 95.6 Å². The van der Waals surface area contributed by atoms with E-state index in [2.05, 4.69) is 10.6 Å². The predicted octanol–water partition coefficient (Wildman–Crippen LogP) is 2.68. The van der Waals surface area contributed by atoms with Crippen LogP contribution < -0.4 is 10.6 Å². The Morgan fingerprint density at radius 1 is 1.00 bits per heavy atom. The van der Waals surface area contributed by atoms with Gasteiger partial charge in [-0.1, -0.05) is 0 Å². The number of sulfonamides is 1. The maximum absolute atomic E-state index is 12.3. The first-order chi connectivity index (χ1) is 12.0. The number of carbonyl (C=O) groups excluding carboxylic acids is 2. The van der Waals surface area contributed by atoms with E-state index in [9.17, 15) is 18.0 Å². The second-order valence-corrected chi connectivity index (χ2v) is 10.9. The third kappa shape index (κ3) is 3.70. The minimum Gasteiger partial charge on any atom is -0.335 e. The minimum atomic E-state index is -3.73. The average Bonchev–Trinajstić information content (AvgIpc) is 2.42. The van der Waals surface area contributed by atoms with Gasteiger partial charge in [-0.05, 0) is 82.5 Å². The van der Waals surface area contributed by atoms with Gasteiger partial charge in [0.25, 0.3) is 0 Å². The molecule has 7 nitrogen and oxygen atoms in total. The van der Waals surface area contributed by atoms with Gasteiger partial charge >= 0.3 is 12.1 Å². The van der Waals surface area contributed by atoms with Crippen molar-refractivity contribution < 1.29 is 18.0 Å². The van der Waals surface area contributed by atoms with E-state index in [0.717, 1.165) is 43.3 Å². The van der Waals surface area contributed by atoms with Crippen molar-refractivity contribution in [1.29, 1.82) is 0 Å². The average molecular weight is 386 g/mol. The van der Waals surface area contributed by atoms with Crippen LogP contribution in [0.4, 0.5) is 9.59 Å². The van der Waals surface area contributed by atoms with E-state index in [1.54, 1.807) is 13.8 Å². The molecule has 2 N–H and O–H groups in total. The molecule has 4 aliphatic carbocycles. The summed E-state index contributed by atoms with van der Waals surface area (Å²) in [6, 6.07) is -2.11. The maximum Gasteiger partial charge on any atom is 0.339 e. The molecule has 4 saturated carbocycles. The zero-order valence-electron chi connectivity index (χ0n) is 16.1. The van der Waals surface area contributed by atoms with Crippen molar-refractivity contribution >= 4 is 22.1 Å². The van der Waals surface area contributed by atoms with E-state index in [1.807, 2.05) is 6.92 Å². The fourth-order valence-corrected chi connectivity index (χ4v) is 7.13. The normalized spacial score (nSPS) is 33.8. The Kier molecular flexibility index (Phi) is 5.01. The summed E-state index contributed by atoms with van der Waals surface area (Å²) >= 11 is 0. The smallest absolute Gasteiger partial charge is 0.335 e. The molecule has 4 bridgehead atoms. The molecule has 0 aromatic carbocycles. The summed E-state index contributed by atoms with van der Waals surface area (Å²) < 4.78 is 24.3. The second kappa shape index (κ2) is 6.69. The molecule has 0 spiro atoms. The fourth-order valence-electron chi connectivity index (χ4n) is 6.01. The predicted molar refractivity (Wildman–Crippen MR) is 98.9 cm³/mol. The van der Waals surface area contributed by atoms with E-state index < -0.39 is 28.1 Å². The van der Waals surface area contributed by atoms with Gasteiger partial charge in [0.15, 0.2) is 0 Å². The number of nitrogens with one attached hydrogen (secondary N) is 2. The van der Waals surface area contributed by atoms with Crippen LogP contribution in [0, 0.1) is 23.2 Å². The second-order valence-electron chi connectivity index (χ2n) is 9.06.